The fourth-order valence-electron chi connectivity index (χ4n) is 3.31. The van der Waals surface area contributed by atoms with Gasteiger partial charge in [0.25, 0.3) is 0 Å². The van der Waals surface area contributed by atoms with Gasteiger partial charge in [-0.25, -0.2) is 0 Å². The van der Waals surface area contributed by atoms with Crippen molar-refractivity contribution >= 4 is 5.78 Å². The van der Waals surface area contributed by atoms with Gasteiger partial charge in [0.2, 0.25) is 0 Å². The maximum atomic E-state index is 11.3. The Hall–Kier alpha value is -2.09. The maximum Gasteiger partial charge on any atom is 0.159 e. The minimum Gasteiger partial charge on any atom is -0.457 e. The van der Waals surface area contributed by atoms with Crippen LogP contribution in [-0.4, -0.2) is 5.78 Å². The van der Waals surface area contributed by atoms with Crippen LogP contribution in [0.3, 0.4) is 0 Å². The van der Waals surface area contributed by atoms with Crippen LogP contribution in [0.2, 0.25) is 0 Å². The second kappa shape index (κ2) is 7.45. The summed E-state index contributed by atoms with van der Waals surface area (Å²) in [7, 11) is 0. The predicted molar refractivity (Wildman–Crippen MR) is 93.4 cm³/mol. The number of hydrogen-bond donors (Lipinski definition) is 0. The number of rotatable bonds is 4. The zero-order valence-electron chi connectivity index (χ0n) is 13.8. The van der Waals surface area contributed by atoms with Gasteiger partial charge in [-0.3, -0.25) is 4.79 Å². The number of ketones is 1. The number of carbonyl (C=O) groups is 1. The molecule has 0 unspecified atom stereocenters. The first-order chi connectivity index (χ1) is 11.2. The molecule has 0 amide bonds. The Morgan fingerprint density at radius 1 is 0.826 bits per heavy atom. The van der Waals surface area contributed by atoms with Crippen molar-refractivity contribution in [1.29, 1.82) is 0 Å². The monoisotopic (exact) mass is 308 g/mol. The molecule has 0 spiro atoms. The molecule has 0 heterocycles. The molecule has 0 radical (unpaired) electrons. The van der Waals surface area contributed by atoms with Crippen molar-refractivity contribution in [3.8, 4) is 11.5 Å². The van der Waals surface area contributed by atoms with Crippen LogP contribution < -0.4 is 4.74 Å². The Labute approximate surface area is 138 Å². The lowest BCUT2D eigenvalue weighted by molar-refractivity contribution is 0.101. The molecule has 0 atom stereocenters. The van der Waals surface area contributed by atoms with E-state index in [1.165, 1.54) is 44.1 Å². The lowest BCUT2D eigenvalue weighted by atomic mass is 9.92. The largest absolute Gasteiger partial charge is 0.457 e. The molecular weight excluding hydrogens is 284 g/mol. The Morgan fingerprint density at radius 2 is 1.35 bits per heavy atom. The van der Waals surface area contributed by atoms with E-state index in [-0.39, 0.29) is 5.78 Å². The summed E-state index contributed by atoms with van der Waals surface area (Å²) in [5.74, 6) is 2.39. The lowest BCUT2D eigenvalue weighted by Gasteiger charge is -2.15. The van der Waals surface area contributed by atoms with Crippen LogP contribution in [-0.2, 0) is 0 Å². The molecule has 0 bridgehead atoms. The first-order valence-electron chi connectivity index (χ1n) is 8.61. The molecule has 3 rings (SSSR count). The molecule has 1 fully saturated rings. The number of hydrogen-bond acceptors (Lipinski definition) is 2. The van der Waals surface area contributed by atoms with E-state index in [0.29, 0.717) is 11.5 Å². The Kier molecular flexibility index (Phi) is 5.12. The van der Waals surface area contributed by atoms with Gasteiger partial charge in [0.1, 0.15) is 11.5 Å². The molecule has 1 aliphatic rings. The topological polar surface area (TPSA) is 26.3 Å². The molecule has 2 nitrogen and oxygen atoms in total. The summed E-state index contributed by atoms with van der Waals surface area (Å²) in [6.45, 7) is 1.57. The molecule has 2 heteroatoms. The summed E-state index contributed by atoms with van der Waals surface area (Å²) in [5, 5.41) is 0. The highest BCUT2D eigenvalue weighted by molar-refractivity contribution is 5.94. The van der Waals surface area contributed by atoms with E-state index in [9.17, 15) is 4.79 Å². The van der Waals surface area contributed by atoms with Gasteiger partial charge < -0.3 is 4.74 Å². The highest BCUT2D eigenvalue weighted by atomic mass is 16.5. The SMILES string of the molecule is CC(=O)c1ccc(Oc2ccc(C3CCCCCC3)cc2)cc1. The van der Waals surface area contributed by atoms with Crippen molar-refractivity contribution in [2.24, 2.45) is 0 Å². The third-order valence-corrected chi connectivity index (χ3v) is 4.70. The van der Waals surface area contributed by atoms with Crippen molar-refractivity contribution in [2.75, 3.05) is 0 Å². The molecule has 2 aromatic carbocycles. The minimum absolute atomic E-state index is 0.0734. The molecule has 2 aromatic rings. The van der Waals surface area contributed by atoms with E-state index in [1.807, 2.05) is 12.1 Å². The fourth-order valence-corrected chi connectivity index (χ4v) is 3.31. The van der Waals surface area contributed by atoms with Gasteiger partial charge >= 0.3 is 0 Å². The van der Waals surface area contributed by atoms with E-state index in [4.69, 9.17) is 4.74 Å². The summed E-state index contributed by atoms with van der Waals surface area (Å²) in [6, 6.07) is 15.8. The molecule has 120 valence electrons. The van der Waals surface area contributed by atoms with Gasteiger partial charge in [-0.2, -0.15) is 0 Å². The van der Waals surface area contributed by atoms with Gasteiger partial charge in [-0.05, 0) is 67.6 Å². The van der Waals surface area contributed by atoms with E-state index in [2.05, 4.69) is 24.3 Å². The van der Waals surface area contributed by atoms with Crippen LogP contribution in [0.25, 0.3) is 0 Å². The Bertz CT molecular complexity index is 633. The van der Waals surface area contributed by atoms with Gasteiger partial charge in [0.15, 0.2) is 5.78 Å². The summed E-state index contributed by atoms with van der Waals surface area (Å²) in [4.78, 5) is 11.3. The van der Waals surface area contributed by atoms with Gasteiger partial charge in [0, 0.05) is 5.56 Å². The van der Waals surface area contributed by atoms with Crippen molar-refractivity contribution in [3.05, 3.63) is 59.7 Å². The van der Waals surface area contributed by atoms with E-state index in [1.54, 1.807) is 19.1 Å². The predicted octanol–water partition coefficient (Wildman–Crippen LogP) is 6.12. The number of carbonyl (C=O) groups excluding carboxylic acids is 1. The summed E-state index contributed by atoms with van der Waals surface area (Å²) in [6.07, 6.45) is 8.10. The van der Waals surface area contributed by atoms with Crippen molar-refractivity contribution in [1.82, 2.24) is 0 Å². The number of ether oxygens (including phenoxy) is 1. The first kappa shape index (κ1) is 15.8. The van der Waals surface area contributed by atoms with Gasteiger partial charge in [-0.1, -0.05) is 37.8 Å². The van der Waals surface area contributed by atoms with Gasteiger partial charge in [-0.15, -0.1) is 0 Å². The summed E-state index contributed by atoms with van der Waals surface area (Å²) in [5.41, 5.74) is 2.15. The van der Waals surface area contributed by atoms with Crippen molar-refractivity contribution in [2.45, 2.75) is 51.4 Å². The van der Waals surface area contributed by atoms with Crippen LogP contribution in [0.5, 0.6) is 11.5 Å². The third kappa shape index (κ3) is 4.22. The zero-order chi connectivity index (χ0) is 16.1. The molecule has 1 aliphatic carbocycles. The Balaban J connectivity index is 1.65. The maximum absolute atomic E-state index is 11.3. The molecular formula is C21H24O2. The van der Waals surface area contributed by atoms with Crippen LogP contribution >= 0.6 is 0 Å². The van der Waals surface area contributed by atoms with Crippen molar-refractivity contribution in [3.63, 3.8) is 0 Å². The highest BCUT2D eigenvalue weighted by Crippen LogP contribution is 2.33. The summed E-state index contributed by atoms with van der Waals surface area (Å²) < 4.78 is 5.87. The third-order valence-electron chi connectivity index (χ3n) is 4.70. The van der Waals surface area contributed by atoms with E-state index in [0.717, 1.165) is 11.5 Å². The minimum atomic E-state index is 0.0734. The standard InChI is InChI=1S/C21H24O2/c1-16(22)17-8-12-20(13-9-17)23-21-14-10-19(11-15-21)18-6-4-2-3-5-7-18/h8-15,18H,2-7H2,1H3. The molecule has 0 aromatic heterocycles. The number of benzene rings is 2. The van der Waals surface area contributed by atoms with Crippen LogP contribution in [0, 0.1) is 0 Å². The first-order valence-corrected chi connectivity index (χ1v) is 8.61. The average Bonchev–Trinajstić information content (AvgIpc) is 2.85. The summed E-state index contributed by atoms with van der Waals surface area (Å²) >= 11 is 0. The van der Waals surface area contributed by atoms with E-state index < -0.39 is 0 Å². The lowest BCUT2D eigenvalue weighted by Crippen LogP contribution is -1.97. The molecule has 23 heavy (non-hydrogen) atoms. The van der Waals surface area contributed by atoms with Crippen LogP contribution in [0.15, 0.2) is 48.5 Å². The molecule has 0 aliphatic heterocycles. The average molecular weight is 308 g/mol. The van der Waals surface area contributed by atoms with Gasteiger partial charge in [0.05, 0.1) is 0 Å². The fraction of sp³-hybridized carbons (Fsp3) is 0.381. The van der Waals surface area contributed by atoms with Crippen LogP contribution in [0.4, 0.5) is 0 Å². The zero-order valence-corrected chi connectivity index (χ0v) is 13.8. The smallest absolute Gasteiger partial charge is 0.159 e. The molecule has 1 saturated carbocycles. The van der Waals surface area contributed by atoms with E-state index >= 15 is 0 Å². The quantitative estimate of drug-likeness (QED) is 0.502. The molecule has 0 N–H and O–H groups in total. The number of Topliss-reactive ketones (excluding diaryl/α,β-unsaturated/α-hetero) is 1. The second-order valence-electron chi connectivity index (χ2n) is 6.44. The van der Waals surface area contributed by atoms with Crippen molar-refractivity contribution < 1.29 is 9.53 Å². The Morgan fingerprint density at radius 3 is 1.87 bits per heavy atom. The highest BCUT2D eigenvalue weighted by Gasteiger charge is 2.14. The van der Waals surface area contributed by atoms with Crippen LogP contribution in [0.1, 0.15) is 67.3 Å². The normalized spacial score (nSPS) is 15.9. The molecule has 0 saturated heterocycles. The second-order valence-corrected chi connectivity index (χ2v) is 6.44.